The molecule has 8 aromatic rings. The molecule has 9 rings (SSSR count). The molecule has 0 aliphatic carbocycles. The molecule has 0 spiro atoms. The Balaban J connectivity index is 1.37. The lowest BCUT2D eigenvalue weighted by Crippen LogP contribution is -2.73. The number of rotatable bonds is 5. The van der Waals surface area contributed by atoms with Crippen molar-refractivity contribution in [3.05, 3.63) is 164 Å². The summed E-state index contributed by atoms with van der Waals surface area (Å²) in [6.07, 6.45) is 0. The number of hydrogen-bond donors (Lipinski definition) is 0. The minimum Gasteiger partial charge on any atom is -0.299 e. The minimum atomic E-state index is -2.76. The molecular formula is C40H27N5Si. The second-order valence-corrected chi connectivity index (χ2v) is 15.1. The van der Waals surface area contributed by atoms with Crippen LogP contribution in [0.15, 0.2) is 164 Å². The smallest absolute Gasteiger partial charge is 0.226 e. The van der Waals surface area contributed by atoms with E-state index in [0.29, 0.717) is 17.5 Å². The topological polar surface area (TPSA) is 56.5 Å². The van der Waals surface area contributed by atoms with Crippen LogP contribution < -0.4 is 21.0 Å². The lowest BCUT2D eigenvalue weighted by atomic mass is 10.1. The largest absolute Gasteiger partial charge is 0.299 e. The highest BCUT2D eigenvalue weighted by Gasteiger charge is 2.52. The zero-order valence-corrected chi connectivity index (χ0v) is 25.8. The van der Waals surface area contributed by atoms with Crippen molar-refractivity contribution in [2.75, 3.05) is 0 Å². The van der Waals surface area contributed by atoms with E-state index in [1.807, 2.05) is 60.7 Å². The molecule has 0 amide bonds. The lowest BCUT2D eigenvalue weighted by molar-refractivity contribution is 1.07. The predicted molar refractivity (Wildman–Crippen MR) is 188 cm³/mol. The average molecular weight is 606 g/mol. The van der Waals surface area contributed by atoms with Crippen molar-refractivity contribution < 1.29 is 0 Å². The summed E-state index contributed by atoms with van der Waals surface area (Å²) in [6.45, 7) is 0. The van der Waals surface area contributed by atoms with Crippen molar-refractivity contribution in [2.24, 2.45) is 0 Å². The summed E-state index contributed by atoms with van der Waals surface area (Å²) in [5, 5.41) is 3.95. The maximum atomic E-state index is 5.52. The van der Waals surface area contributed by atoms with Crippen LogP contribution in [-0.4, -0.2) is 32.6 Å². The number of para-hydroxylation sites is 2. The van der Waals surface area contributed by atoms with Gasteiger partial charge in [-0.15, -0.1) is 0 Å². The van der Waals surface area contributed by atoms with Gasteiger partial charge in [-0.05, 0) is 33.8 Å². The first-order valence-corrected chi connectivity index (χ1v) is 17.4. The normalized spacial score (nSPS) is 13.0. The fourth-order valence-electron chi connectivity index (χ4n) is 6.94. The second-order valence-electron chi connectivity index (χ2n) is 11.5. The van der Waals surface area contributed by atoms with Crippen molar-refractivity contribution in [2.45, 2.75) is 0 Å². The van der Waals surface area contributed by atoms with Gasteiger partial charge in [-0.3, -0.25) is 4.57 Å². The van der Waals surface area contributed by atoms with Crippen LogP contribution in [0.3, 0.4) is 0 Å². The Hall–Kier alpha value is -5.98. The van der Waals surface area contributed by atoms with Gasteiger partial charge in [0.2, 0.25) is 8.07 Å². The van der Waals surface area contributed by atoms with E-state index in [-0.39, 0.29) is 0 Å². The quantitative estimate of drug-likeness (QED) is 0.229. The van der Waals surface area contributed by atoms with Crippen molar-refractivity contribution in [3.63, 3.8) is 0 Å². The van der Waals surface area contributed by atoms with Gasteiger partial charge >= 0.3 is 0 Å². The monoisotopic (exact) mass is 605 g/mol. The van der Waals surface area contributed by atoms with Gasteiger partial charge in [0.25, 0.3) is 0 Å². The van der Waals surface area contributed by atoms with Crippen LogP contribution in [0.1, 0.15) is 0 Å². The number of imidazole rings is 1. The van der Waals surface area contributed by atoms with Gasteiger partial charge in [0.15, 0.2) is 17.5 Å². The zero-order chi connectivity index (χ0) is 30.5. The van der Waals surface area contributed by atoms with Crippen LogP contribution >= 0.6 is 0 Å². The van der Waals surface area contributed by atoms with E-state index in [9.17, 15) is 0 Å². The molecule has 0 atom stereocenters. The number of hydrogen-bond acceptors (Lipinski definition) is 4. The van der Waals surface area contributed by atoms with Crippen LogP contribution in [0.25, 0.3) is 50.9 Å². The van der Waals surface area contributed by atoms with Crippen LogP contribution in [0.5, 0.6) is 0 Å². The summed E-state index contributed by atoms with van der Waals surface area (Å²) in [5.41, 5.74) is 7.00. The molecule has 0 fully saturated rings. The van der Waals surface area contributed by atoms with E-state index in [1.165, 1.54) is 15.6 Å². The van der Waals surface area contributed by atoms with Crippen molar-refractivity contribution >= 4 is 40.1 Å². The molecule has 0 N–H and O–H groups in total. The Labute approximate surface area is 267 Å². The lowest BCUT2D eigenvalue weighted by Gasteiger charge is -2.28. The van der Waals surface area contributed by atoms with E-state index in [1.54, 1.807) is 0 Å². The molecule has 1 aliphatic rings. The van der Waals surface area contributed by atoms with Crippen LogP contribution in [0.2, 0.25) is 0 Å². The summed E-state index contributed by atoms with van der Waals surface area (Å²) >= 11 is 0. The van der Waals surface area contributed by atoms with E-state index in [4.69, 9.17) is 19.9 Å². The number of nitrogens with zero attached hydrogens (tertiary/aromatic N) is 5. The summed E-state index contributed by atoms with van der Waals surface area (Å²) in [4.78, 5) is 20.7. The first-order valence-electron chi connectivity index (χ1n) is 15.4. The van der Waals surface area contributed by atoms with E-state index in [2.05, 4.69) is 108 Å². The fourth-order valence-corrected chi connectivity index (χ4v) is 11.8. The molecule has 0 bridgehead atoms. The molecule has 6 aromatic carbocycles. The SMILES string of the molecule is c1ccc(-c2nc(-c3ccccc3)nc(-c3cccc4nc5n(c34)-c3ccccc3[Si]5(c3ccccc3)c3ccccc3)n2)cc1. The summed E-state index contributed by atoms with van der Waals surface area (Å²) in [5.74, 6) is 1.90. The molecule has 216 valence electrons. The number of aromatic nitrogens is 5. The maximum absolute atomic E-state index is 5.52. The third kappa shape index (κ3) is 3.94. The first-order chi connectivity index (χ1) is 22.8. The highest BCUT2D eigenvalue weighted by Crippen LogP contribution is 2.33. The van der Waals surface area contributed by atoms with Crippen LogP contribution in [0.4, 0.5) is 0 Å². The Morgan fingerprint density at radius 2 is 0.913 bits per heavy atom. The molecular weight excluding hydrogens is 579 g/mol. The van der Waals surface area contributed by atoms with E-state index in [0.717, 1.165) is 38.9 Å². The van der Waals surface area contributed by atoms with Crippen molar-refractivity contribution in [3.8, 4) is 39.9 Å². The minimum absolute atomic E-state index is 0.622. The van der Waals surface area contributed by atoms with Crippen LogP contribution in [-0.2, 0) is 0 Å². The number of fused-ring (bicyclic) bond motifs is 5. The van der Waals surface area contributed by atoms with Gasteiger partial charge in [0, 0.05) is 22.4 Å². The highest BCUT2D eigenvalue weighted by atomic mass is 28.3. The molecule has 0 saturated carbocycles. The second kappa shape index (κ2) is 10.6. The third-order valence-corrected chi connectivity index (χ3v) is 13.6. The van der Waals surface area contributed by atoms with Gasteiger partial charge in [0.05, 0.1) is 11.0 Å². The Morgan fingerprint density at radius 1 is 0.413 bits per heavy atom. The first kappa shape index (κ1) is 26.4. The van der Waals surface area contributed by atoms with Gasteiger partial charge in [0.1, 0.15) is 5.45 Å². The van der Waals surface area contributed by atoms with Crippen molar-refractivity contribution in [1.82, 2.24) is 24.5 Å². The molecule has 1 aliphatic heterocycles. The molecule has 0 unspecified atom stereocenters. The Bertz CT molecular complexity index is 2260. The van der Waals surface area contributed by atoms with E-state index < -0.39 is 8.07 Å². The van der Waals surface area contributed by atoms with Crippen molar-refractivity contribution in [1.29, 1.82) is 0 Å². The molecule has 5 nitrogen and oxygen atoms in total. The summed E-state index contributed by atoms with van der Waals surface area (Å²) in [6, 6.07) is 57.2. The Morgan fingerprint density at radius 3 is 1.50 bits per heavy atom. The highest BCUT2D eigenvalue weighted by molar-refractivity contribution is 7.20. The molecule has 6 heteroatoms. The molecule has 0 radical (unpaired) electrons. The van der Waals surface area contributed by atoms with Gasteiger partial charge < -0.3 is 0 Å². The zero-order valence-electron chi connectivity index (χ0n) is 24.8. The third-order valence-electron chi connectivity index (χ3n) is 8.91. The molecule has 3 heterocycles. The maximum Gasteiger partial charge on any atom is 0.226 e. The molecule has 0 saturated heterocycles. The number of benzene rings is 6. The van der Waals surface area contributed by atoms with Gasteiger partial charge in [-0.25, -0.2) is 19.9 Å². The van der Waals surface area contributed by atoms with Gasteiger partial charge in [-0.1, -0.05) is 146 Å². The average Bonchev–Trinajstić information content (AvgIpc) is 3.66. The molecule has 2 aromatic heterocycles. The van der Waals surface area contributed by atoms with Crippen LogP contribution in [0, 0.1) is 0 Å². The van der Waals surface area contributed by atoms with Gasteiger partial charge in [-0.2, -0.15) is 0 Å². The predicted octanol–water partition coefficient (Wildman–Crippen LogP) is 5.90. The summed E-state index contributed by atoms with van der Waals surface area (Å²) < 4.78 is 2.39. The summed E-state index contributed by atoms with van der Waals surface area (Å²) in [7, 11) is -2.76. The fraction of sp³-hybridized carbons (Fsp3) is 0. The molecule has 46 heavy (non-hydrogen) atoms. The van der Waals surface area contributed by atoms with E-state index >= 15 is 0 Å². The standard InChI is InChI=1S/C40H27N5Si/c1-5-16-28(17-6-1)37-42-38(29-18-7-2-8-19-29)44-39(43-37)32-24-15-25-33-36(32)45-34-26-13-14-27-35(34)46(40(45)41-33,30-20-9-3-10-21-30)31-22-11-4-12-23-31/h1-27H. The Kier molecular flexibility index (Phi) is 6.08.